The van der Waals surface area contributed by atoms with E-state index in [9.17, 15) is 0 Å². The third-order valence-electron chi connectivity index (χ3n) is 3.50. The van der Waals surface area contributed by atoms with E-state index in [4.69, 9.17) is 5.73 Å². The maximum absolute atomic E-state index is 5.74. The molecule has 2 nitrogen and oxygen atoms in total. The molecule has 0 saturated carbocycles. The summed E-state index contributed by atoms with van der Waals surface area (Å²) >= 11 is 0. The minimum Gasteiger partial charge on any atom is -0.330 e. The molecule has 0 spiro atoms. The van der Waals surface area contributed by atoms with Crippen LogP contribution >= 0.6 is 0 Å². The predicted octanol–water partition coefficient (Wildman–Crippen LogP) is 2.45. The quantitative estimate of drug-likeness (QED) is 0.785. The zero-order chi connectivity index (χ0) is 12.7. The molecule has 2 N–H and O–H groups in total. The van der Waals surface area contributed by atoms with Gasteiger partial charge in [0.25, 0.3) is 0 Å². The summed E-state index contributed by atoms with van der Waals surface area (Å²) in [5.41, 5.74) is 8.59. The summed E-state index contributed by atoms with van der Waals surface area (Å²) < 4.78 is 0. The molecule has 0 radical (unpaired) electrons. The second-order valence-electron chi connectivity index (χ2n) is 4.95. The smallest absolute Gasteiger partial charge is 0.00190 e. The van der Waals surface area contributed by atoms with Gasteiger partial charge in [0, 0.05) is 13.1 Å². The second kappa shape index (κ2) is 7.46. The van der Waals surface area contributed by atoms with Crippen molar-refractivity contribution in [1.82, 2.24) is 4.90 Å². The summed E-state index contributed by atoms with van der Waals surface area (Å²) in [6, 6.07) is 8.63. The number of hydrogen-bond acceptors (Lipinski definition) is 2. The van der Waals surface area contributed by atoms with E-state index in [0.717, 1.165) is 26.1 Å². The molecule has 0 bridgehead atoms. The van der Waals surface area contributed by atoms with Crippen molar-refractivity contribution in [2.75, 3.05) is 26.7 Å². The molecule has 0 aromatic heterocycles. The van der Waals surface area contributed by atoms with Gasteiger partial charge in [-0.15, -0.1) is 0 Å². The summed E-state index contributed by atoms with van der Waals surface area (Å²) in [7, 11) is 2.19. The summed E-state index contributed by atoms with van der Waals surface area (Å²) in [6.45, 7) is 7.42. The zero-order valence-corrected chi connectivity index (χ0v) is 11.4. The number of nitrogens with two attached hydrogens (primary N) is 1. The molecule has 0 fully saturated rings. The Morgan fingerprint density at radius 3 is 2.59 bits per heavy atom. The van der Waals surface area contributed by atoms with Crippen LogP contribution in [0.1, 0.15) is 24.5 Å². The molecule has 1 aromatic rings. The molecular formula is C15H26N2. The van der Waals surface area contributed by atoms with E-state index in [-0.39, 0.29) is 0 Å². The van der Waals surface area contributed by atoms with Gasteiger partial charge in [-0.1, -0.05) is 37.6 Å². The lowest BCUT2D eigenvalue weighted by Crippen LogP contribution is -2.31. The largest absolute Gasteiger partial charge is 0.330 e. The Morgan fingerprint density at radius 2 is 2.00 bits per heavy atom. The lowest BCUT2D eigenvalue weighted by molar-refractivity contribution is 0.277. The van der Waals surface area contributed by atoms with Crippen LogP contribution in [0.2, 0.25) is 0 Å². The van der Waals surface area contributed by atoms with Gasteiger partial charge in [0.05, 0.1) is 0 Å². The Hall–Kier alpha value is -0.860. The highest BCUT2D eigenvalue weighted by Crippen LogP contribution is 2.09. The molecule has 1 aromatic carbocycles. The van der Waals surface area contributed by atoms with Crippen molar-refractivity contribution < 1.29 is 0 Å². The van der Waals surface area contributed by atoms with E-state index in [1.54, 1.807) is 0 Å². The Labute approximate surface area is 106 Å². The topological polar surface area (TPSA) is 29.3 Å². The average Bonchev–Trinajstić information content (AvgIpc) is 2.35. The van der Waals surface area contributed by atoms with Gasteiger partial charge in [-0.25, -0.2) is 0 Å². The van der Waals surface area contributed by atoms with Crippen LogP contribution in [0.4, 0.5) is 0 Å². The highest BCUT2D eigenvalue weighted by Gasteiger charge is 2.08. The fourth-order valence-corrected chi connectivity index (χ4v) is 2.10. The number of likely N-dealkylation sites (N-methyl/N-ethyl adjacent to an activating group) is 1. The number of rotatable bonds is 7. The van der Waals surface area contributed by atoms with E-state index < -0.39 is 0 Å². The van der Waals surface area contributed by atoms with Crippen LogP contribution in [0, 0.1) is 12.8 Å². The van der Waals surface area contributed by atoms with Crippen molar-refractivity contribution in [3.05, 3.63) is 35.4 Å². The first-order valence-corrected chi connectivity index (χ1v) is 6.60. The van der Waals surface area contributed by atoms with Crippen molar-refractivity contribution in [3.8, 4) is 0 Å². The molecule has 0 aliphatic heterocycles. The molecule has 1 rings (SSSR count). The van der Waals surface area contributed by atoms with Crippen molar-refractivity contribution in [2.45, 2.75) is 26.7 Å². The number of nitrogens with zero attached hydrogens (tertiary/aromatic N) is 1. The monoisotopic (exact) mass is 234 g/mol. The molecule has 0 heterocycles. The third kappa shape index (κ3) is 4.88. The van der Waals surface area contributed by atoms with Crippen LogP contribution in [0.3, 0.4) is 0 Å². The van der Waals surface area contributed by atoms with Crippen molar-refractivity contribution in [1.29, 1.82) is 0 Å². The third-order valence-corrected chi connectivity index (χ3v) is 3.50. The molecule has 1 atom stereocenters. The molecule has 1 unspecified atom stereocenters. The summed E-state index contributed by atoms with van der Waals surface area (Å²) in [6.07, 6.45) is 2.30. The van der Waals surface area contributed by atoms with Crippen LogP contribution < -0.4 is 5.73 Å². The summed E-state index contributed by atoms with van der Waals surface area (Å²) in [5, 5.41) is 0. The molecule has 0 amide bonds. The molecular weight excluding hydrogens is 208 g/mol. The number of benzene rings is 1. The molecule has 2 heteroatoms. The predicted molar refractivity (Wildman–Crippen MR) is 75.2 cm³/mol. The molecule has 0 aliphatic carbocycles. The van der Waals surface area contributed by atoms with E-state index in [0.29, 0.717) is 5.92 Å². The van der Waals surface area contributed by atoms with Gasteiger partial charge >= 0.3 is 0 Å². The van der Waals surface area contributed by atoms with Crippen molar-refractivity contribution in [2.24, 2.45) is 11.7 Å². The number of hydrogen-bond donors (Lipinski definition) is 1. The fraction of sp³-hybridized carbons (Fsp3) is 0.600. The SMILES string of the molecule is CCC(CN)CN(C)CCc1ccccc1C. The van der Waals surface area contributed by atoms with Gasteiger partial charge in [-0.05, 0) is 44.0 Å². The Balaban J connectivity index is 2.38. The van der Waals surface area contributed by atoms with Crippen LogP contribution in [0.25, 0.3) is 0 Å². The van der Waals surface area contributed by atoms with Gasteiger partial charge in [-0.3, -0.25) is 0 Å². The fourth-order valence-electron chi connectivity index (χ4n) is 2.10. The molecule has 17 heavy (non-hydrogen) atoms. The average molecular weight is 234 g/mol. The van der Waals surface area contributed by atoms with Crippen LogP contribution in [-0.4, -0.2) is 31.6 Å². The Bertz CT molecular complexity index is 318. The standard InChI is InChI=1S/C15H26N2/c1-4-14(11-16)12-17(3)10-9-15-8-6-5-7-13(15)2/h5-8,14H,4,9-12,16H2,1-3H3. The summed E-state index contributed by atoms with van der Waals surface area (Å²) in [5.74, 6) is 0.636. The number of aryl methyl sites for hydroxylation is 1. The maximum Gasteiger partial charge on any atom is 0.00190 e. The highest BCUT2D eigenvalue weighted by atomic mass is 15.1. The van der Waals surface area contributed by atoms with Crippen molar-refractivity contribution in [3.63, 3.8) is 0 Å². The maximum atomic E-state index is 5.74. The molecule has 0 saturated heterocycles. The van der Waals surface area contributed by atoms with E-state index >= 15 is 0 Å². The first-order valence-electron chi connectivity index (χ1n) is 6.60. The molecule has 0 aliphatic rings. The lowest BCUT2D eigenvalue weighted by atomic mass is 10.0. The van der Waals surface area contributed by atoms with Gasteiger partial charge in [0.2, 0.25) is 0 Å². The van der Waals surface area contributed by atoms with Gasteiger partial charge in [0.15, 0.2) is 0 Å². The van der Waals surface area contributed by atoms with Crippen molar-refractivity contribution >= 4 is 0 Å². The highest BCUT2D eigenvalue weighted by molar-refractivity contribution is 5.25. The second-order valence-corrected chi connectivity index (χ2v) is 4.95. The van der Waals surface area contributed by atoms with Gasteiger partial charge in [0.1, 0.15) is 0 Å². The minimum absolute atomic E-state index is 0.636. The van der Waals surface area contributed by atoms with Crippen LogP contribution in [0.15, 0.2) is 24.3 Å². The molecule has 96 valence electrons. The first kappa shape index (κ1) is 14.2. The normalized spacial score (nSPS) is 13.0. The van der Waals surface area contributed by atoms with Gasteiger partial charge < -0.3 is 10.6 Å². The summed E-state index contributed by atoms with van der Waals surface area (Å²) in [4.78, 5) is 2.40. The van der Waals surface area contributed by atoms with E-state index in [1.165, 1.54) is 17.5 Å². The first-order chi connectivity index (χ1) is 8.17. The van der Waals surface area contributed by atoms with E-state index in [1.807, 2.05) is 0 Å². The van der Waals surface area contributed by atoms with Gasteiger partial charge in [-0.2, -0.15) is 0 Å². The van der Waals surface area contributed by atoms with Crippen LogP contribution in [0.5, 0.6) is 0 Å². The zero-order valence-electron chi connectivity index (χ0n) is 11.4. The Kier molecular flexibility index (Phi) is 6.23. The van der Waals surface area contributed by atoms with E-state index in [2.05, 4.69) is 50.1 Å². The Morgan fingerprint density at radius 1 is 1.29 bits per heavy atom. The minimum atomic E-state index is 0.636. The van der Waals surface area contributed by atoms with Crippen LogP contribution in [-0.2, 0) is 6.42 Å². The lowest BCUT2D eigenvalue weighted by Gasteiger charge is -2.22.